The monoisotopic (exact) mass is 380 g/mol. The molecule has 156 valence electrons. The Morgan fingerprint density at radius 3 is 2.37 bits per heavy atom. The van der Waals surface area contributed by atoms with Crippen molar-refractivity contribution in [3.8, 4) is 0 Å². The Morgan fingerprint density at radius 1 is 1.22 bits per heavy atom. The summed E-state index contributed by atoms with van der Waals surface area (Å²) in [5, 5.41) is 6.61. The number of rotatable bonds is 6. The highest BCUT2D eigenvalue weighted by molar-refractivity contribution is 5.88. The zero-order valence-corrected chi connectivity index (χ0v) is 18.4. The fourth-order valence-corrected chi connectivity index (χ4v) is 4.73. The summed E-state index contributed by atoms with van der Waals surface area (Å²) in [6.07, 6.45) is 3.16. The van der Waals surface area contributed by atoms with Crippen LogP contribution in [0.5, 0.6) is 0 Å². The third kappa shape index (κ3) is 6.18. The van der Waals surface area contributed by atoms with E-state index in [1.54, 1.807) is 0 Å². The number of nitrogens with one attached hydrogen (secondary N) is 2. The maximum Gasteiger partial charge on any atom is 0.237 e. The maximum absolute atomic E-state index is 13.1. The van der Waals surface area contributed by atoms with Gasteiger partial charge in [0, 0.05) is 37.3 Å². The van der Waals surface area contributed by atoms with Crippen LogP contribution in [0, 0.1) is 5.92 Å². The highest BCUT2D eigenvalue weighted by atomic mass is 16.2. The van der Waals surface area contributed by atoms with Crippen molar-refractivity contribution in [2.24, 2.45) is 5.92 Å². The predicted octanol–water partition coefficient (Wildman–Crippen LogP) is 1.99. The van der Waals surface area contributed by atoms with E-state index in [1.807, 2.05) is 11.9 Å². The topological polar surface area (TPSA) is 64.7 Å². The summed E-state index contributed by atoms with van der Waals surface area (Å²) >= 11 is 0. The fraction of sp³-hybridized carbons (Fsp3) is 0.905. The first-order valence-corrected chi connectivity index (χ1v) is 10.5. The van der Waals surface area contributed by atoms with Crippen LogP contribution >= 0.6 is 0 Å². The molecular weight excluding hydrogens is 340 g/mol. The van der Waals surface area contributed by atoms with Gasteiger partial charge in [-0.3, -0.25) is 14.5 Å². The Hall–Kier alpha value is -1.14. The minimum atomic E-state index is -0.338. The summed E-state index contributed by atoms with van der Waals surface area (Å²) in [4.78, 5) is 29.6. The molecule has 0 aromatic rings. The summed E-state index contributed by atoms with van der Waals surface area (Å²) in [5.41, 5.74) is -0.0149. The number of carbonyl (C=O) groups excluding carboxylic acids is 2. The molecule has 0 saturated carbocycles. The van der Waals surface area contributed by atoms with E-state index in [0.717, 1.165) is 32.4 Å². The van der Waals surface area contributed by atoms with Gasteiger partial charge in [-0.25, -0.2) is 0 Å². The van der Waals surface area contributed by atoms with Crippen molar-refractivity contribution < 1.29 is 9.59 Å². The van der Waals surface area contributed by atoms with Crippen molar-refractivity contribution in [1.82, 2.24) is 20.4 Å². The molecule has 2 amide bonds. The van der Waals surface area contributed by atoms with Crippen LogP contribution in [0.2, 0.25) is 0 Å². The minimum absolute atomic E-state index is 0.00210. The van der Waals surface area contributed by atoms with Gasteiger partial charge in [0.1, 0.15) is 0 Å². The molecule has 2 aliphatic rings. The van der Waals surface area contributed by atoms with Gasteiger partial charge in [-0.1, -0.05) is 13.8 Å². The minimum Gasteiger partial charge on any atom is -0.353 e. The smallest absolute Gasteiger partial charge is 0.237 e. The van der Waals surface area contributed by atoms with Crippen LogP contribution in [0.1, 0.15) is 67.2 Å². The van der Waals surface area contributed by atoms with E-state index in [2.05, 4.69) is 57.1 Å². The summed E-state index contributed by atoms with van der Waals surface area (Å²) in [6, 6.07) is -0.144. The molecule has 2 saturated heterocycles. The first kappa shape index (κ1) is 22.2. The van der Waals surface area contributed by atoms with Gasteiger partial charge in [0.2, 0.25) is 11.8 Å². The van der Waals surface area contributed by atoms with Gasteiger partial charge >= 0.3 is 0 Å². The van der Waals surface area contributed by atoms with Crippen molar-refractivity contribution in [2.75, 3.05) is 26.7 Å². The van der Waals surface area contributed by atoms with Crippen LogP contribution < -0.4 is 10.6 Å². The highest BCUT2D eigenvalue weighted by Crippen LogP contribution is 2.31. The van der Waals surface area contributed by atoms with Gasteiger partial charge < -0.3 is 15.5 Å². The Labute approximate surface area is 165 Å². The molecule has 0 bridgehead atoms. The van der Waals surface area contributed by atoms with Crippen molar-refractivity contribution in [3.63, 3.8) is 0 Å². The molecule has 2 aliphatic heterocycles. The van der Waals surface area contributed by atoms with Crippen LogP contribution in [0.3, 0.4) is 0 Å². The molecule has 2 fully saturated rings. The van der Waals surface area contributed by atoms with E-state index < -0.39 is 0 Å². The number of hydrogen-bond donors (Lipinski definition) is 2. The highest BCUT2D eigenvalue weighted by Gasteiger charge is 2.41. The van der Waals surface area contributed by atoms with Gasteiger partial charge in [0.15, 0.2) is 0 Å². The SMILES string of the molecule is CC(C)CCN1CCNC(=O)C1CC(=O)N(C)C1CC(C)(C)NC(C)(C)C1. The van der Waals surface area contributed by atoms with Gasteiger partial charge in [-0.2, -0.15) is 0 Å². The number of carbonyl (C=O) groups is 2. The first-order valence-electron chi connectivity index (χ1n) is 10.5. The molecule has 6 nitrogen and oxygen atoms in total. The second-order valence-corrected chi connectivity index (χ2v) is 10.2. The largest absolute Gasteiger partial charge is 0.353 e. The molecule has 0 aliphatic carbocycles. The Bertz CT molecular complexity index is 528. The number of piperidine rings is 1. The molecule has 0 radical (unpaired) electrons. The van der Waals surface area contributed by atoms with Crippen LogP contribution in [-0.4, -0.2) is 71.5 Å². The lowest BCUT2D eigenvalue weighted by Crippen LogP contribution is -2.63. The van der Waals surface area contributed by atoms with E-state index in [9.17, 15) is 9.59 Å². The van der Waals surface area contributed by atoms with E-state index in [4.69, 9.17) is 0 Å². The van der Waals surface area contributed by atoms with Crippen LogP contribution in [0.15, 0.2) is 0 Å². The summed E-state index contributed by atoms with van der Waals surface area (Å²) in [5.74, 6) is 0.663. The summed E-state index contributed by atoms with van der Waals surface area (Å²) in [7, 11) is 1.91. The van der Waals surface area contributed by atoms with Crippen molar-refractivity contribution in [2.45, 2.75) is 90.4 Å². The van der Waals surface area contributed by atoms with E-state index in [1.165, 1.54) is 0 Å². The summed E-state index contributed by atoms with van der Waals surface area (Å²) < 4.78 is 0. The normalized spacial score (nSPS) is 26.1. The van der Waals surface area contributed by atoms with Gasteiger partial charge in [0.25, 0.3) is 0 Å². The molecule has 1 unspecified atom stereocenters. The van der Waals surface area contributed by atoms with Gasteiger partial charge in [0.05, 0.1) is 12.5 Å². The lowest BCUT2D eigenvalue weighted by molar-refractivity contribution is -0.140. The third-order valence-corrected chi connectivity index (χ3v) is 5.91. The van der Waals surface area contributed by atoms with Gasteiger partial charge in [-0.05, 0) is 59.4 Å². The van der Waals surface area contributed by atoms with E-state index in [0.29, 0.717) is 12.5 Å². The number of hydrogen-bond acceptors (Lipinski definition) is 4. The number of nitrogens with zero attached hydrogens (tertiary/aromatic N) is 2. The van der Waals surface area contributed by atoms with Crippen LogP contribution in [-0.2, 0) is 9.59 Å². The molecule has 2 N–H and O–H groups in total. The quantitative estimate of drug-likeness (QED) is 0.740. The maximum atomic E-state index is 13.1. The molecular formula is C21H40N4O2. The average Bonchev–Trinajstić information content (AvgIpc) is 2.51. The number of amides is 2. The zero-order chi connectivity index (χ0) is 20.4. The third-order valence-electron chi connectivity index (χ3n) is 5.91. The lowest BCUT2D eigenvalue weighted by atomic mass is 9.79. The molecule has 1 atom stereocenters. The van der Waals surface area contributed by atoms with Crippen molar-refractivity contribution in [3.05, 3.63) is 0 Å². The second kappa shape index (κ2) is 8.48. The molecule has 0 aromatic carbocycles. The van der Waals surface area contributed by atoms with Gasteiger partial charge in [-0.15, -0.1) is 0 Å². The molecule has 6 heteroatoms. The lowest BCUT2D eigenvalue weighted by Gasteiger charge is -2.49. The van der Waals surface area contributed by atoms with Crippen molar-refractivity contribution >= 4 is 11.8 Å². The van der Waals surface area contributed by atoms with E-state index in [-0.39, 0.29) is 41.4 Å². The molecule has 0 aromatic heterocycles. The Kier molecular flexibility index (Phi) is 6.96. The standard InChI is InChI=1S/C21H40N4O2/c1-15(2)8-10-25-11-9-22-19(27)17(25)12-18(26)24(7)16-13-20(3,4)23-21(5,6)14-16/h15-17,23H,8-14H2,1-7H3,(H,22,27). The van der Waals surface area contributed by atoms with Crippen LogP contribution in [0.25, 0.3) is 0 Å². The molecule has 2 heterocycles. The molecule has 0 spiro atoms. The Morgan fingerprint density at radius 2 is 1.81 bits per heavy atom. The first-order chi connectivity index (χ1) is 12.4. The summed E-state index contributed by atoms with van der Waals surface area (Å²) in [6.45, 7) is 15.5. The Balaban J connectivity index is 2.03. The van der Waals surface area contributed by atoms with E-state index >= 15 is 0 Å². The zero-order valence-electron chi connectivity index (χ0n) is 18.4. The molecule has 2 rings (SSSR count). The second-order valence-electron chi connectivity index (χ2n) is 10.2. The number of piperazine rings is 1. The fourth-order valence-electron chi connectivity index (χ4n) is 4.73. The van der Waals surface area contributed by atoms with Crippen LogP contribution in [0.4, 0.5) is 0 Å². The van der Waals surface area contributed by atoms with Crippen molar-refractivity contribution in [1.29, 1.82) is 0 Å². The molecule has 27 heavy (non-hydrogen) atoms. The predicted molar refractivity (Wildman–Crippen MR) is 110 cm³/mol. The average molecular weight is 381 g/mol.